The van der Waals surface area contributed by atoms with Gasteiger partial charge in [0.05, 0.1) is 0 Å². The maximum absolute atomic E-state index is 10.4. The zero-order chi connectivity index (χ0) is 9.26. The molecule has 1 saturated carbocycles. The number of carboxylic acids is 1. The number of hydrogen-bond donors (Lipinski definition) is 1. The van der Waals surface area contributed by atoms with Crippen LogP contribution in [0.3, 0.4) is 0 Å². The third-order valence-corrected chi connectivity index (χ3v) is 2.67. The highest BCUT2D eigenvalue weighted by molar-refractivity contribution is 5.66. The molecular formula is C10H13NO2. The van der Waals surface area contributed by atoms with Crippen molar-refractivity contribution in [3.63, 3.8) is 0 Å². The topological polar surface area (TPSA) is 42.2 Å². The number of nitrogens with zero attached hydrogens (tertiary/aromatic N) is 1. The third-order valence-electron chi connectivity index (χ3n) is 2.67. The lowest BCUT2D eigenvalue weighted by Crippen LogP contribution is -2.09. The van der Waals surface area contributed by atoms with Crippen molar-refractivity contribution in [3.8, 4) is 0 Å². The van der Waals surface area contributed by atoms with Crippen molar-refractivity contribution >= 4 is 5.97 Å². The van der Waals surface area contributed by atoms with Gasteiger partial charge in [0.25, 0.3) is 0 Å². The monoisotopic (exact) mass is 179 g/mol. The molecule has 0 unspecified atom stereocenters. The summed E-state index contributed by atoms with van der Waals surface area (Å²) in [5, 5.41) is 8.57. The number of hydrogen-bond acceptors (Lipinski definition) is 1. The van der Waals surface area contributed by atoms with Crippen molar-refractivity contribution < 1.29 is 9.90 Å². The van der Waals surface area contributed by atoms with Gasteiger partial charge in [-0.25, -0.2) is 0 Å². The van der Waals surface area contributed by atoms with Crippen LogP contribution in [0, 0.1) is 0 Å². The molecule has 1 fully saturated rings. The van der Waals surface area contributed by atoms with Crippen molar-refractivity contribution in [1.82, 2.24) is 4.57 Å². The molecule has 3 heteroatoms. The summed E-state index contributed by atoms with van der Waals surface area (Å²) in [6.07, 6.45) is 7.64. The molecule has 1 heterocycles. The van der Waals surface area contributed by atoms with Crippen LogP contribution in [0.15, 0.2) is 18.5 Å². The summed E-state index contributed by atoms with van der Waals surface area (Å²) in [7, 11) is 0. The molecule has 1 aliphatic rings. The van der Waals surface area contributed by atoms with Gasteiger partial charge in [-0.1, -0.05) is 6.42 Å². The second-order valence-corrected chi connectivity index (χ2v) is 3.64. The fraction of sp³-hybridized carbons (Fsp3) is 0.500. The van der Waals surface area contributed by atoms with Gasteiger partial charge in [0.15, 0.2) is 0 Å². The molecule has 1 aliphatic carbocycles. The Hall–Kier alpha value is -1.25. The second-order valence-electron chi connectivity index (χ2n) is 3.64. The van der Waals surface area contributed by atoms with E-state index in [2.05, 4.69) is 0 Å². The predicted molar refractivity (Wildman–Crippen MR) is 48.7 cm³/mol. The number of rotatable bonds is 3. The van der Waals surface area contributed by atoms with E-state index < -0.39 is 5.97 Å². The van der Waals surface area contributed by atoms with Gasteiger partial charge in [0.2, 0.25) is 0 Å². The van der Waals surface area contributed by atoms with E-state index in [1.54, 1.807) is 4.57 Å². The number of carboxylic acid groups (broad SMARTS) is 1. The van der Waals surface area contributed by atoms with Crippen LogP contribution in [-0.2, 0) is 11.3 Å². The van der Waals surface area contributed by atoms with Crippen LogP contribution >= 0.6 is 0 Å². The van der Waals surface area contributed by atoms with Crippen LogP contribution in [0.5, 0.6) is 0 Å². The van der Waals surface area contributed by atoms with Gasteiger partial charge < -0.3 is 9.67 Å². The normalized spacial score (nSPS) is 16.9. The largest absolute Gasteiger partial charge is 0.480 e. The summed E-state index contributed by atoms with van der Waals surface area (Å²) in [6, 6.07) is 2.03. The Morgan fingerprint density at radius 2 is 2.38 bits per heavy atom. The smallest absolute Gasteiger partial charge is 0.323 e. The minimum atomic E-state index is -0.782. The van der Waals surface area contributed by atoms with Gasteiger partial charge >= 0.3 is 5.97 Å². The Bertz CT molecular complexity index is 312. The molecular weight excluding hydrogens is 166 g/mol. The molecule has 0 saturated heterocycles. The lowest BCUT2D eigenvalue weighted by molar-refractivity contribution is -0.137. The molecule has 0 amide bonds. The molecule has 2 rings (SSSR count). The summed E-state index contributed by atoms with van der Waals surface area (Å²) >= 11 is 0. The van der Waals surface area contributed by atoms with Crippen LogP contribution in [0.1, 0.15) is 30.7 Å². The molecule has 13 heavy (non-hydrogen) atoms. The van der Waals surface area contributed by atoms with Gasteiger partial charge in [-0.15, -0.1) is 0 Å². The second kappa shape index (κ2) is 3.24. The predicted octanol–water partition coefficient (Wildman–Crippen LogP) is 1.84. The Labute approximate surface area is 77.0 Å². The highest BCUT2D eigenvalue weighted by Crippen LogP contribution is 2.36. The summed E-state index contributed by atoms with van der Waals surface area (Å²) in [6.45, 7) is 0.0761. The van der Waals surface area contributed by atoms with E-state index in [1.807, 2.05) is 18.5 Å². The molecule has 1 aromatic heterocycles. The van der Waals surface area contributed by atoms with Crippen LogP contribution in [-0.4, -0.2) is 15.6 Å². The SMILES string of the molecule is O=C(O)Cn1ccc(C2CCC2)c1. The van der Waals surface area contributed by atoms with Crippen LogP contribution in [0.25, 0.3) is 0 Å². The molecule has 0 bridgehead atoms. The zero-order valence-corrected chi connectivity index (χ0v) is 7.44. The average molecular weight is 179 g/mol. The van der Waals surface area contributed by atoms with Crippen LogP contribution in [0.2, 0.25) is 0 Å². The van der Waals surface area contributed by atoms with Crippen LogP contribution < -0.4 is 0 Å². The van der Waals surface area contributed by atoms with Gasteiger partial charge in [0, 0.05) is 12.4 Å². The Morgan fingerprint density at radius 3 is 2.92 bits per heavy atom. The van der Waals surface area contributed by atoms with E-state index in [4.69, 9.17) is 5.11 Å². The van der Waals surface area contributed by atoms with Crippen LogP contribution in [0.4, 0.5) is 0 Å². The summed E-state index contributed by atoms with van der Waals surface area (Å²) in [4.78, 5) is 10.4. The van der Waals surface area contributed by atoms with Crippen molar-refractivity contribution in [1.29, 1.82) is 0 Å². The summed E-state index contributed by atoms with van der Waals surface area (Å²) in [5.74, 6) is -0.0918. The fourth-order valence-corrected chi connectivity index (χ4v) is 1.70. The minimum absolute atomic E-state index is 0.0761. The Kier molecular flexibility index (Phi) is 2.08. The first-order valence-corrected chi connectivity index (χ1v) is 4.63. The molecule has 0 aromatic carbocycles. The summed E-state index contributed by atoms with van der Waals surface area (Å²) in [5.41, 5.74) is 1.30. The standard InChI is InChI=1S/C10H13NO2/c12-10(13)7-11-5-4-9(6-11)8-2-1-3-8/h4-6,8H,1-3,7H2,(H,12,13). The summed E-state index contributed by atoms with van der Waals surface area (Å²) < 4.78 is 1.73. The molecule has 70 valence electrons. The van der Waals surface area contributed by atoms with Crippen molar-refractivity contribution in [2.24, 2.45) is 0 Å². The number of aliphatic carboxylic acids is 1. The molecule has 3 nitrogen and oxygen atoms in total. The van der Waals surface area contributed by atoms with Crippen molar-refractivity contribution in [2.45, 2.75) is 31.7 Å². The maximum Gasteiger partial charge on any atom is 0.323 e. The van der Waals surface area contributed by atoms with E-state index in [0.29, 0.717) is 5.92 Å². The van der Waals surface area contributed by atoms with Gasteiger partial charge in [0.1, 0.15) is 6.54 Å². The van der Waals surface area contributed by atoms with E-state index in [9.17, 15) is 4.79 Å². The molecule has 1 N–H and O–H groups in total. The first-order valence-electron chi connectivity index (χ1n) is 4.63. The van der Waals surface area contributed by atoms with Crippen molar-refractivity contribution in [3.05, 3.63) is 24.0 Å². The maximum atomic E-state index is 10.4. The minimum Gasteiger partial charge on any atom is -0.480 e. The lowest BCUT2D eigenvalue weighted by Gasteiger charge is -2.24. The molecule has 0 spiro atoms. The Balaban J connectivity index is 2.04. The van der Waals surface area contributed by atoms with E-state index in [0.717, 1.165) is 0 Å². The first kappa shape index (κ1) is 8.35. The molecule has 1 aromatic rings. The van der Waals surface area contributed by atoms with E-state index >= 15 is 0 Å². The van der Waals surface area contributed by atoms with Gasteiger partial charge in [-0.2, -0.15) is 0 Å². The first-order chi connectivity index (χ1) is 6.25. The highest BCUT2D eigenvalue weighted by Gasteiger charge is 2.20. The number of aromatic nitrogens is 1. The molecule has 0 aliphatic heterocycles. The Morgan fingerprint density at radius 1 is 1.62 bits per heavy atom. The molecule has 0 radical (unpaired) electrons. The third kappa shape index (κ3) is 1.74. The highest BCUT2D eigenvalue weighted by atomic mass is 16.4. The average Bonchev–Trinajstić information content (AvgIpc) is 2.31. The lowest BCUT2D eigenvalue weighted by atomic mass is 9.81. The molecule has 0 atom stereocenters. The van der Waals surface area contributed by atoms with Gasteiger partial charge in [-0.3, -0.25) is 4.79 Å². The van der Waals surface area contributed by atoms with Gasteiger partial charge in [-0.05, 0) is 30.4 Å². The van der Waals surface area contributed by atoms with E-state index in [1.165, 1.54) is 24.8 Å². The van der Waals surface area contributed by atoms with Crippen molar-refractivity contribution in [2.75, 3.05) is 0 Å². The van der Waals surface area contributed by atoms with E-state index in [-0.39, 0.29) is 6.54 Å². The quantitative estimate of drug-likeness (QED) is 0.769. The zero-order valence-electron chi connectivity index (χ0n) is 7.44. The fourth-order valence-electron chi connectivity index (χ4n) is 1.70. The number of carbonyl (C=O) groups is 1.